The van der Waals surface area contributed by atoms with Gasteiger partial charge in [-0.3, -0.25) is 4.79 Å². The largest absolute Gasteiger partial charge is 0.323 e. The first kappa shape index (κ1) is 16.2. The van der Waals surface area contributed by atoms with Crippen LogP contribution < -0.4 is 5.32 Å². The quantitative estimate of drug-likeness (QED) is 0.651. The number of amides is 1. The van der Waals surface area contributed by atoms with Crippen molar-refractivity contribution >= 4 is 56.5 Å². The smallest absolute Gasteiger partial charge is 0.234 e. The summed E-state index contributed by atoms with van der Waals surface area (Å²) < 4.78 is 15.5. The predicted molar refractivity (Wildman–Crippen MR) is 95.1 cm³/mol. The molecule has 3 nitrogen and oxygen atoms in total. The molecule has 0 bridgehead atoms. The lowest BCUT2D eigenvalue weighted by Gasteiger charge is -2.06. The van der Waals surface area contributed by atoms with E-state index in [4.69, 9.17) is 11.6 Å². The number of anilines is 1. The third-order valence-electron chi connectivity index (χ3n) is 3.06. The molecule has 0 radical (unpaired) electrons. The van der Waals surface area contributed by atoms with Gasteiger partial charge < -0.3 is 5.32 Å². The molecule has 0 atom stereocenters. The van der Waals surface area contributed by atoms with Crippen LogP contribution in [0.5, 0.6) is 0 Å². The molecule has 0 saturated carbocycles. The Kier molecular flexibility index (Phi) is 4.84. The summed E-state index contributed by atoms with van der Waals surface area (Å²) in [6.45, 7) is 1.80. The number of nitrogens with one attached hydrogen (secondary N) is 1. The summed E-state index contributed by atoms with van der Waals surface area (Å²) in [4.78, 5) is 16.4. The van der Waals surface area contributed by atoms with Gasteiger partial charge in [-0.1, -0.05) is 29.4 Å². The van der Waals surface area contributed by atoms with Gasteiger partial charge in [-0.25, -0.2) is 9.37 Å². The number of rotatable bonds is 4. The van der Waals surface area contributed by atoms with Crippen LogP contribution in [0.4, 0.5) is 10.1 Å². The van der Waals surface area contributed by atoms with Gasteiger partial charge in [0.05, 0.1) is 21.7 Å². The van der Waals surface area contributed by atoms with Crippen molar-refractivity contribution < 1.29 is 9.18 Å². The van der Waals surface area contributed by atoms with Crippen molar-refractivity contribution in [3.63, 3.8) is 0 Å². The Labute approximate surface area is 145 Å². The minimum Gasteiger partial charge on any atom is -0.323 e. The standard InChI is InChI=1S/C16H12ClFN2OS2/c1-9-2-4-12(11(18)6-9)19-15(21)8-22-16-20-13-7-10(17)3-5-14(13)23-16/h2-7H,8H2,1H3,(H,19,21). The van der Waals surface area contributed by atoms with E-state index in [2.05, 4.69) is 10.3 Å². The average Bonchev–Trinajstić information content (AvgIpc) is 2.90. The van der Waals surface area contributed by atoms with Crippen LogP contribution in [0, 0.1) is 12.7 Å². The molecular weight excluding hydrogens is 355 g/mol. The maximum Gasteiger partial charge on any atom is 0.234 e. The molecule has 0 aliphatic heterocycles. The first-order valence-electron chi connectivity index (χ1n) is 6.76. The number of thioether (sulfide) groups is 1. The summed E-state index contributed by atoms with van der Waals surface area (Å²) in [5, 5.41) is 3.20. The van der Waals surface area contributed by atoms with Crippen molar-refractivity contribution in [1.29, 1.82) is 0 Å². The van der Waals surface area contributed by atoms with Crippen LogP contribution in [0.25, 0.3) is 10.2 Å². The van der Waals surface area contributed by atoms with Crippen LogP contribution in [0.3, 0.4) is 0 Å². The summed E-state index contributed by atoms with van der Waals surface area (Å²) in [6, 6.07) is 10.2. The van der Waals surface area contributed by atoms with Gasteiger partial charge in [0, 0.05) is 5.02 Å². The Morgan fingerprint density at radius 2 is 2.17 bits per heavy atom. The van der Waals surface area contributed by atoms with E-state index in [1.165, 1.54) is 29.2 Å². The van der Waals surface area contributed by atoms with Crippen LogP contribution in [0.2, 0.25) is 5.02 Å². The average molecular weight is 367 g/mol. The fourth-order valence-electron chi connectivity index (χ4n) is 1.98. The van der Waals surface area contributed by atoms with Crippen LogP contribution in [-0.4, -0.2) is 16.6 Å². The molecule has 0 aliphatic rings. The van der Waals surface area contributed by atoms with Gasteiger partial charge in [-0.15, -0.1) is 11.3 Å². The van der Waals surface area contributed by atoms with Crippen molar-refractivity contribution in [3.8, 4) is 0 Å². The highest BCUT2D eigenvalue weighted by atomic mass is 35.5. The van der Waals surface area contributed by atoms with Gasteiger partial charge >= 0.3 is 0 Å². The molecule has 3 aromatic rings. The molecule has 1 heterocycles. The van der Waals surface area contributed by atoms with E-state index in [9.17, 15) is 9.18 Å². The van der Waals surface area contributed by atoms with Gasteiger partial charge in [-0.2, -0.15) is 0 Å². The first-order valence-corrected chi connectivity index (χ1v) is 8.94. The molecule has 0 aliphatic carbocycles. The summed E-state index contributed by atoms with van der Waals surface area (Å²) in [5.41, 5.74) is 1.82. The van der Waals surface area contributed by atoms with E-state index in [0.29, 0.717) is 5.02 Å². The number of thiazole rings is 1. The third-order valence-corrected chi connectivity index (χ3v) is 5.47. The lowest BCUT2D eigenvalue weighted by atomic mass is 10.2. The highest BCUT2D eigenvalue weighted by Crippen LogP contribution is 2.31. The molecule has 0 spiro atoms. The third kappa shape index (κ3) is 4.02. The molecule has 2 aromatic carbocycles. The number of benzene rings is 2. The number of nitrogens with zero attached hydrogens (tertiary/aromatic N) is 1. The van der Waals surface area contributed by atoms with E-state index in [-0.39, 0.29) is 17.3 Å². The zero-order valence-electron chi connectivity index (χ0n) is 12.1. The SMILES string of the molecule is Cc1ccc(NC(=O)CSc2nc3cc(Cl)ccc3s2)c(F)c1. The minimum absolute atomic E-state index is 0.168. The Balaban J connectivity index is 1.63. The number of carbonyl (C=O) groups is 1. The van der Waals surface area contributed by atoms with E-state index in [0.717, 1.165) is 20.1 Å². The summed E-state index contributed by atoms with van der Waals surface area (Å²) >= 11 is 8.75. The Hall–Kier alpha value is -1.63. The second-order valence-electron chi connectivity index (χ2n) is 4.91. The molecule has 1 N–H and O–H groups in total. The van der Waals surface area contributed by atoms with E-state index < -0.39 is 5.82 Å². The maximum atomic E-state index is 13.7. The summed E-state index contributed by atoms with van der Waals surface area (Å²) in [6.07, 6.45) is 0. The van der Waals surface area contributed by atoms with Crippen LogP contribution in [0.15, 0.2) is 40.7 Å². The van der Waals surface area contributed by atoms with Crippen LogP contribution >= 0.6 is 34.7 Å². The van der Waals surface area contributed by atoms with Crippen LogP contribution in [-0.2, 0) is 4.79 Å². The molecule has 7 heteroatoms. The van der Waals surface area contributed by atoms with E-state index in [1.807, 2.05) is 12.1 Å². The van der Waals surface area contributed by atoms with Crippen LogP contribution in [0.1, 0.15) is 5.56 Å². The number of aromatic nitrogens is 1. The van der Waals surface area contributed by atoms with Crippen molar-refractivity contribution in [2.45, 2.75) is 11.3 Å². The number of hydrogen-bond acceptors (Lipinski definition) is 4. The molecule has 23 heavy (non-hydrogen) atoms. The topological polar surface area (TPSA) is 42.0 Å². The maximum absolute atomic E-state index is 13.7. The second-order valence-corrected chi connectivity index (χ2v) is 7.60. The van der Waals surface area contributed by atoms with Gasteiger partial charge in [0.25, 0.3) is 0 Å². The zero-order chi connectivity index (χ0) is 16.4. The lowest BCUT2D eigenvalue weighted by Crippen LogP contribution is -2.15. The van der Waals surface area contributed by atoms with Gasteiger partial charge in [0.15, 0.2) is 4.34 Å². The van der Waals surface area contributed by atoms with Gasteiger partial charge in [0.1, 0.15) is 5.82 Å². The highest BCUT2D eigenvalue weighted by molar-refractivity contribution is 8.01. The van der Waals surface area contributed by atoms with Gasteiger partial charge in [-0.05, 0) is 42.8 Å². The molecule has 1 aromatic heterocycles. The fraction of sp³-hybridized carbons (Fsp3) is 0.125. The Morgan fingerprint density at radius 3 is 2.96 bits per heavy atom. The number of halogens is 2. The minimum atomic E-state index is -0.432. The zero-order valence-corrected chi connectivity index (χ0v) is 14.5. The molecule has 3 rings (SSSR count). The number of aryl methyl sites for hydroxylation is 1. The van der Waals surface area contributed by atoms with E-state index in [1.54, 1.807) is 25.1 Å². The number of carbonyl (C=O) groups excluding carboxylic acids is 1. The second kappa shape index (κ2) is 6.86. The lowest BCUT2D eigenvalue weighted by molar-refractivity contribution is -0.113. The first-order chi connectivity index (χ1) is 11.0. The summed E-state index contributed by atoms with van der Waals surface area (Å²) in [7, 11) is 0. The van der Waals surface area contributed by atoms with E-state index >= 15 is 0 Å². The molecule has 118 valence electrons. The van der Waals surface area contributed by atoms with Crippen molar-refractivity contribution in [2.24, 2.45) is 0 Å². The Morgan fingerprint density at radius 1 is 1.35 bits per heavy atom. The molecular formula is C16H12ClFN2OS2. The predicted octanol–water partition coefficient (Wildman–Crippen LogP) is 5.13. The fourth-order valence-corrected chi connectivity index (χ4v) is 3.99. The highest BCUT2D eigenvalue weighted by Gasteiger charge is 2.10. The van der Waals surface area contributed by atoms with Gasteiger partial charge in [0.2, 0.25) is 5.91 Å². The van der Waals surface area contributed by atoms with Crippen molar-refractivity contribution in [2.75, 3.05) is 11.1 Å². The molecule has 0 fully saturated rings. The van der Waals surface area contributed by atoms with Crippen molar-refractivity contribution in [3.05, 3.63) is 52.8 Å². The summed E-state index contributed by atoms with van der Waals surface area (Å²) in [5.74, 6) is -0.533. The molecule has 0 unspecified atom stereocenters. The van der Waals surface area contributed by atoms with Crippen molar-refractivity contribution in [1.82, 2.24) is 4.98 Å². The number of fused-ring (bicyclic) bond motifs is 1. The number of hydrogen-bond donors (Lipinski definition) is 1. The molecule has 0 saturated heterocycles. The normalized spacial score (nSPS) is 10.9. The Bertz CT molecular complexity index is 882. The molecule has 1 amide bonds. The monoisotopic (exact) mass is 366 g/mol.